The quantitative estimate of drug-likeness (QED) is 0.671. The number of hydrogen-bond acceptors (Lipinski definition) is 5. The van der Waals surface area contributed by atoms with Gasteiger partial charge in [0.25, 0.3) is 5.91 Å². The third kappa shape index (κ3) is 5.55. The Morgan fingerprint density at radius 3 is 2.07 bits per heavy atom. The molecule has 0 aromatic heterocycles. The van der Waals surface area contributed by atoms with E-state index in [1.165, 1.54) is 0 Å². The molecule has 0 saturated carbocycles. The van der Waals surface area contributed by atoms with Crippen molar-refractivity contribution in [3.05, 3.63) is 47.5 Å². The Bertz CT molecular complexity index is 763. The summed E-state index contributed by atoms with van der Waals surface area (Å²) in [5, 5.41) is 2.96. The fourth-order valence-corrected chi connectivity index (χ4v) is 2.75. The summed E-state index contributed by atoms with van der Waals surface area (Å²) >= 11 is 0. The van der Waals surface area contributed by atoms with Crippen molar-refractivity contribution < 1.29 is 19.0 Å². The lowest BCUT2D eigenvalue weighted by Gasteiger charge is -2.17. The van der Waals surface area contributed by atoms with Crippen LogP contribution in [0, 0.1) is 0 Å². The lowest BCUT2D eigenvalue weighted by Crippen LogP contribution is -2.23. The van der Waals surface area contributed by atoms with Crippen LogP contribution in [0.5, 0.6) is 17.2 Å². The minimum Gasteiger partial charge on any atom is -0.490 e. The molecule has 0 radical (unpaired) electrons. The summed E-state index contributed by atoms with van der Waals surface area (Å²) in [5.41, 5.74) is 2.59. The summed E-state index contributed by atoms with van der Waals surface area (Å²) in [4.78, 5) is 14.8. The normalized spacial score (nSPS) is 10.3. The van der Waals surface area contributed by atoms with Crippen LogP contribution in [0.15, 0.2) is 36.4 Å². The molecule has 0 spiro atoms. The fraction of sp³-hybridized carbons (Fsp3) is 0.409. The van der Waals surface area contributed by atoms with Crippen molar-refractivity contribution in [3.63, 3.8) is 0 Å². The van der Waals surface area contributed by atoms with Gasteiger partial charge in [0.1, 0.15) is 0 Å². The molecule has 0 aliphatic carbocycles. The highest BCUT2D eigenvalue weighted by atomic mass is 16.5. The molecule has 0 bridgehead atoms. The number of benzene rings is 2. The van der Waals surface area contributed by atoms with E-state index in [1.807, 2.05) is 58.0 Å². The van der Waals surface area contributed by atoms with Crippen LogP contribution in [0.1, 0.15) is 36.7 Å². The highest BCUT2D eigenvalue weighted by Crippen LogP contribution is 2.39. The molecule has 28 heavy (non-hydrogen) atoms. The molecule has 0 saturated heterocycles. The predicted molar refractivity (Wildman–Crippen MR) is 112 cm³/mol. The summed E-state index contributed by atoms with van der Waals surface area (Å²) in [6.45, 7) is 7.52. The molecule has 2 aromatic carbocycles. The second-order valence-electron chi connectivity index (χ2n) is 6.35. The molecule has 1 amide bonds. The van der Waals surface area contributed by atoms with Crippen molar-refractivity contribution in [2.75, 3.05) is 38.8 Å². The van der Waals surface area contributed by atoms with Crippen molar-refractivity contribution in [1.82, 2.24) is 5.32 Å². The fourth-order valence-electron chi connectivity index (χ4n) is 2.75. The molecule has 0 fully saturated rings. The molecule has 0 heterocycles. The first-order chi connectivity index (χ1) is 13.5. The molecule has 6 nitrogen and oxygen atoms in total. The van der Waals surface area contributed by atoms with Crippen LogP contribution in [0.25, 0.3) is 0 Å². The van der Waals surface area contributed by atoms with Crippen LogP contribution in [0.2, 0.25) is 0 Å². The molecule has 0 unspecified atom stereocenters. The maximum absolute atomic E-state index is 12.7. The maximum Gasteiger partial charge on any atom is 0.251 e. The lowest BCUT2D eigenvalue weighted by molar-refractivity contribution is 0.0949. The summed E-state index contributed by atoms with van der Waals surface area (Å²) < 4.78 is 17.0. The molecular formula is C22H30N2O4. The van der Waals surface area contributed by atoms with Gasteiger partial charge in [0.2, 0.25) is 5.75 Å². The van der Waals surface area contributed by atoms with Gasteiger partial charge in [-0.25, -0.2) is 0 Å². The van der Waals surface area contributed by atoms with Gasteiger partial charge < -0.3 is 24.4 Å². The van der Waals surface area contributed by atoms with E-state index in [2.05, 4.69) is 11.4 Å². The average molecular weight is 386 g/mol. The summed E-state index contributed by atoms with van der Waals surface area (Å²) in [5.74, 6) is 1.35. The lowest BCUT2D eigenvalue weighted by atomic mass is 10.1. The van der Waals surface area contributed by atoms with Crippen molar-refractivity contribution in [1.29, 1.82) is 0 Å². The standard InChI is InChI=1S/C22H30N2O4/c1-6-26-19-13-17(14-20(27-7-2)21(19)28-8-3)22(25)23-15-16-10-9-11-18(12-16)24(4)5/h9-14H,6-8,15H2,1-5H3,(H,23,25). The van der Waals surface area contributed by atoms with Crippen molar-refractivity contribution in [2.45, 2.75) is 27.3 Å². The van der Waals surface area contributed by atoms with Crippen LogP contribution in [0.3, 0.4) is 0 Å². The van der Waals surface area contributed by atoms with E-state index >= 15 is 0 Å². The Balaban J connectivity index is 2.22. The SMILES string of the molecule is CCOc1cc(C(=O)NCc2cccc(N(C)C)c2)cc(OCC)c1OCC. The van der Waals surface area contributed by atoms with Gasteiger partial charge in [-0.05, 0) is 50.6 Å². The van der Waals surface area contributed by atoms with Gasteiger partial charge in [0.15, 0.2) is 11.5 Å². The van der Waals surface area contributed by atoms with Crippen LogP contribution in [-0.4, -0.2) is 39.8 Å². The van der Waals surface area contributed by atoms with E-state index < -0.39 is 0 Å². The minimum atomic E-state index is -0.194. The zero-order chi connectivity index (χ0) is 20.5. The van der Waals surface area contributed by atoms with Gasteiger partial charge in [-0.1, -0.05) is 12.1 Å². The van der Waals surface area contributed by atoms with Crippen LogP contribution >= 0.6 is 0 Å². The maximum atomic E-state index is 12.7. The van der Waals surface area contributed by atoms with Crippen LogP contribution in [0.4, 0.5) is 5.69 Å². The predicted octanol–water partition coefficient (Wildman–Crippen LogP) is 3.88. The number of amides is 1. The smallest absolute Gasteiger partial charge is 0.251 e. The Hall–Kier alpha value is -2.89. The topological polar surface area (TPSA) is 60.0 Å². The second-order valence-corrected chi connectivity index (χ2v) is 6.35. The summed E-state index contributed by atoms with van der Waals surface area (Å²) in [6, 6.07) is 11.4. The first-order valence-corrected chi connectivity index (χ1v) is 9.61. The van der Waals surface area contributed by atoms with Gasteiger partial charge in [-0.15, -0.1) is 0 Å². The highest BCUT2D eigenvalue weighted by Gasteiger charge is 2.18. The summed E-state index contributed by atoms with van der Waals surface area (Å²) in [6.07, 6.45) is 0. The van der Waals surface area contributed by atoms with Gasteiger partial charge >= 0.3 is 0 Å². The molecule has 1 N–H and O–H groups in total. The Morgan fingerprint density at radius 1 is 0.929 bits per heavy atom. The van der Waals surface area contributed by atoms with Gasteiger partial charge in [0, 0.05) is 31.9 Å². The zero-order valence-corrected chi connectivity index (χ0v) is 17.4. The van der Waals surface area contributed by atoms with E-state index in [4.69, 9.17) is 14.2 Å². The molecule has 0 aliphatic heterocycles. The third-order valence-corrected chi connectivity index (χ3v) is 4.05. The zero-order valence-electron chi connectivity index (χ0n) is 17.4. The van der Waals surface area contributed by atoms with Crippen molar-refractivity contribution in [2.24, 2.45) is 0 Å². The number of carbonyl (C=O) groups excluding carboxylic acids is 1. The van der Waals surface area contributed by atoms with Gasteiger partial charge in [-0.3, -0.25) is 4.79 Å². The Labute approximate surface area is 167 Å². The van der Waals surface area contributed by atoms with Gasteiger partial charge in [-0.2, -0.15) is 0 Å². The van der Waals surface area contributed by atoms with E-state index in [-0.39, 0.29) is 5.91 Å². The number of nitrogens with one attached hydrogen (secondary N) is 1. The average Bonchev–Trinajstić information content (AvgIpc) is 2.69. The second kappa shape index (κ2) is 10.4. The first kappa shape index (κ1) is 21.4. The van der Waals surface area contributed by atoms with Crippen molar-refractivity contribution in [3.8, 4) is 17.2 Å². The summed E-state index contributed by atoms with van der Waals surface area (Å²) in [7, 11) is 3.98. The van der Waals surface area contributed by atoms with Crippen LogP contribution < -0.4 is 24.4 Å². The number of carbonyl (C=O) groups is 1. The van der Waals surface area contributed by atoms with Crippen molar-refractivity contribution >= 4 is 11.6 Å². The molecular weight excluding hydrogens is 356 g/mol. The molecule has 0 aliphatic rings. The first-order valence-electron chi connectivity index (χ1n) is 9.61. The minimum absolute atomic E-state index is 0.194. The van der Waals surface area contributed by atoms with E-state index in [0.717, 1.165) is 11.3 Å². The van der Waals surface area contributed by atoms with Crippen LogP contribution in [-0.2, 0) is 6.54 Å². The number of nitrogens with zero attached hydrogens (tertiary/aromatic N) is 1. The third-order valence-electron chi connectivity index (χ3n) is 4.05. The number of anilines is 1. The number of ether oxygens (including phenoxy) is 3. The monoisotopic (exact) mass is 386 g/mol. The molecule has 2 rings (SSSR count). The highest BCUT2D eigenvalue weighted by molar-refractivity contribution is 5.95. The molecule has 6 heteroatoms. The Kier molecular flexibility index (Phi) is 7.99. The Morgan fingerprint density at radius 2 is 1.54 bits per heavy atom. The molecule has 2 aromatic rings. The van der Waals surface area contributed by atoms with E-state index in [9.17, 15) is 4.79 Å². The largest absolute Gasteiger partial charge is 0.490 e. The number of hydrogen-bond donors (Lipinski definition) is 1. The molecule has 152 valence electrons. The van der Waals surface area contributed by atoms with E-state index in [1.54, 1.807) is 12.1 Å². The molecule has 0 atom stereocenters. The van der Waals surface area contributed by atoms with Gasteiger partial charge in [0.05, 0.1) is 19.8 Å². The number of rotatable bonds is 10. The van der Waals surface area contributed by atoms with E-state index in [0.29, 0.717) is 49.2 Å².